The topological polar surface area (TPSA) is 39.6 Å². The molecule has 24 heavy (non-hydrogen) atoms. The first-order valence-corrected chi connectivity index (χ1v) is 9.76. The van der Waals surface area contributed by atoms with Crippen molar-refractivity contribution < 1.29 is 5.11 Å². The Balaban J connectivity index is 1.35. The lowest BCUT2D eigenvalue weighted by atomic mass is 9.87. The Morgan fingerprint density at radius 2 is 1.92 bits per heavy atom. The van der Waals surface area contributed by atoms with E-state index in [9.17, 15) is 5.11 Å². The van der Waals surface area contributed by atoms with E-state index in [1.165, 1.54) is 28.4 Å². The van der Waals surface area contributed by atoms with E-state index < -0.39 is 0 Å². The third-order valence-electron chi connectivity index (χ3n) is 5.19. The normalized spacial score (nSPS) is 25.3. The average molecular weight is 343 g/mol. The minimum absolute atomic E-state index is 0.268. The van der Waals surface area contributed by atoms with Gasteiger partial charge in [-0.1, -0.05) is 30.3 Å². The van der Waals surface area contributed by atoms with Gasteiger partial charge in [0.1, 0.15) is 0 Å². The molecule has 2 saturated heterocycles. The summed E-state index contributed by atoms with van der Waals surface area (Å²) in [6, 6.07) is 10.4. The van der Waals surface area contributed by atoms with Crippen LogP contribution < -0.4 is 4.90 Å². The van der Waals surface area contributed by atoms with Crippen molar-refractivity contribution in [2.24, 2.45) is 0 Å². The van der Waals surface area contributed by atoms with Crippen molar-refractivity contribution in [1.29, 1.82) is 0 Å². The predicted molar refractivity (Wildman–Crippen MR) is 98.6 cm³/mol. The van der Waals surface area contributed by atoms with Gasteiger partial charge in [0.2, 0.25) is 0 Å². The molecule has 2 aromatic rings. The van der Waals surface area contributed by atoms with Crippen LogP contribution in [0.3, 0.4) is 0 Å². The van der Waals surface area contributed by atoms with E-state index in [1.54, 1.807) is 0 Å². The molecule has 4 nitrogen and oxygen atoms in total. The molecule has 1 N–H and O–H groups in total. The van der Waals surface area contributed by atoms with E-state index in [4.69, 9.17) is 0 Å². The van der Waals surface area contributed by atoms with Crippen LogP contribution in [0.5, 0.6) is 0 Å². The average Bonchev–Trinajstić information content (AvgIpc) is 3.27. The van der Waals surface area contributed by atoms with Crippen LogP contribution >= 0.6 is 11.3 Å². The molecule has 2 fully saturated rings. The van der Waals surface area contributed by atoms with E-state index in [0.717, 1.165) is 39.1 Å². The summed E-state index contributed by atoms with van der Waals surface area (Å²) in [7, 11) is 0. The lowest BCUT2D eigenvalue weighted by molar-refractivity contribution is 0.0481. The number of aliphatic hydroxyl groups is 1. The Kier molecular flexibility index (Phi) is 4.83. The highest BCUT2D eigenvalue weighted by atomic mass is 32.1. The zero-order valence-electron chi connectivity index (χ0n) is 14.0. The largest absolute Gasteiger partial charge is 0.391 e. The van der Waals surface area contributed by atoms with Crippen LogP contribution in [-0.2, 0) is 6.54 Å². The van der Waals surface area contributed by atoms with Gasteiger partial charge in [0.05, 0.1) is 6.10 Å². The van der Waals surface area contributed by atoms with E-state index in [1.807, 2.05) is 23.6 Å². The first-order chi connectivity index (χ1) is 11.8. The van der Waals surface area contributed by atoms with Gasteiger partial charge >= 0.3 is 0 Å². The van der Waals surface area contributed by atoms with Gasteiger partial charge in [0.25, 0.3) is 0 Å². The fourth-order valence-corrected chi connectivity index (χ4v) is 4.88. The summed E-state index contributed by atoms with van der Waals surface area (Å²) >= 11 is 1.81. The number of hydrogen-bond donors (Lipinski definition) is 1. The van der Waals surface area contributed by atoms with Crippen molar-refractivity contribution in [2.75, 3.05) is 31.1 Å². The van der Waals surface area contributed by atoms with Crippen molar-refractivity contribution in [2.45, 2.75) is 37.8 Å². The monoisotopic (exact) mass is 343 g/mol. The van der Waals surface area contributed by atoms with Gasteiger partial charge in [-0.2, -0.15) is 0 Å². The number of β-amino-alcohol motifs (C(OH)–C–C–N with tert-alkyl or cyclic N) is 1. The van der Waals surface area contributed by atoms with Crippen LogP contribution in [0.25, 0.3) is 0 Å². The Labute approximate surface area is 147 Å². The quantitative estimate of drug-likeness (QED) is 0.926. The van der Waals surface area contributed by atoms with Crippen LogP contribution in [0, 0.1) is 0 Å². The first kappa shape index (κ1) is 16.1. The van der Waals surface area contributed by atoms with Gasteiger partial charge in [0, 0.05) is 43.2 Å². The minimum atomic E-state index is -0.285. The van der Waals surface area contributed by atoms with E-state index in [0.29, 0.717) is 0 Å². The lowest BCUT2D eigenvalue weighted by Crippen LogP contribution is -2.42. The number of hydrogen-bond acceptors (Lipinski definition) is 5. The number of nitrogens with zero attached hydrogens (tertiary/aromatic N) is 3. The summed E-state index contributed by atoms with van der Waals surface area (Å²) in [5.41, 5.74) is 1.26. The smallest absolute Gasteiger partial charge is 0.185 e. The molecule has 0 spiro atoms. The van der Waals surface area contributed by atoms with Crippen LogP contribution in [0.15, 0.2) is 36.5 Å². The highest BCUT2D eigenvalue weighted by molar-refractivity contribution is 7.15. The Morgan fingerprint density at radius 1 is 1.12 bits per heavy atom. The molecule has 128 valence electrons. The number of likely N-dealkylation sites (tertiary alicyclic amines) is 1. The number of benzene rings is 1. The Morgan fingerprint density at radius 3 is 2.67 bits per heavy atom. The molecule has 0 aliphatic carbocycles. The molecule has 0 amide bonds. The number of aliphatic hydroxyl groups excluding tert-OH is 1. The van der Waals surface area contributed by atoms with Gasteiger partial charge in [-0.05, 0) is 31.4 Å². The van der Waals surface area contributed by atoms with Crippen molar-refractivity contribution in [3.63, 3.8) is 0 Å². The standard InChI is InChI=1S/C19H25N3OS/c23-18-14-21(11-8-17(18)15-6-2-1-3-7-15)13-16-12-20-19(24-16)22-9-4-5-10-22/h1-3,6-7,12,17-18,23H,4-5,8-11,13-14H2/t17-,18-/m1/s1. The van der Waals surface area contributed by atoms with Gasteiger partial charge in [-0.25, -0.2) is 4.98 Å². The van der Waals surface area contributed by atoms with E-state index >= 15 is 0 Å². The number of thiazole rings is 1. The van der Waals surface area contributed by atoms with Gasteiger partial charge in [0.15, 0.2) is 5.13 Å². The third-order valence-corrected chi connectivity index (χ3v) is 6.23. The van der Waals surface area contributed by atoms with Crippen molar-refractivity contribution >= 4 is 16.5 Å². The minimum Gasteiger partial charge on any atom is -0.391 e. The zero-order valence-corrected chi connectivity index (χ0v) is 14.8. The fourth-order valence-electron chi connectivity index (χ4n) is 3.88. The van der Waals surface area contributed by atoms with E-state index in [-0.39, 0.29) is 12.0 Å². The molecule has 0 radical (unpaired) electrons. The molecule has 2 aliphatic rings. The lowest BCUT2D eigenvalue weighted by Gasteiger charge is -2.35. The molecule has 2 atom stereocenters. The highest BCUT2D eigenvalue weighted by Gasteiger charge is 2.29. The van der Waals surface area contributed by atoms with Crippen LogP contribution in [0.4, 0.5) is 5.13 Å². The van der Waals surface area contributed by atoms with Crippen LogP contribution in [-0.4, -0.2) is 47.3 Å². The van der Waals surface area contributed by atoms with Gasteiger partial charge in [-0.15, -0.1) is 11.3 Å². The second kappa shape index (κ2) is 7.21. The van der Waals surface area contributed by atoms with Crippen LogP contribution in [0.1, 0.15) is 35.6 Å². The molecule has 5 heteroatoms. The number of rotatable bonds is 4. The second-order valence-corrected chi connectivity index (χ2v) is 8.01. The summed E-state index contributed by atoms with van der Waals surface area (Å²) in [6.45, 7) is 4.98. The summed E-state index contributed by atoms with van der Waals surface area (Å²) in [5, 5.41) is 11.8. The van der Waals surface area contributed by atoms with Crippen molar-refractivity contribution in [1.82, 2.24) is 9.88 Å². The summed E-state index contributed by atoms with van der Waals surface area (Å²) in [5.74, 6) is 0.268. The molecular weight excluding hydrogens is 318 g/mol. The number of anilines is 1. The maximum Gasteiger partial charge on any atom is 0.185 e. The van der Waals surface area contributed by atoms with E-state index in [2.05, 4.69) is 39.0 Å². The molecule has 1 aromatic carbocycles. The molecule has 4 rings (SSSR count). The van der Waals surface area contributed by atoms with Crippen LogP contribution in [0.2, 0.25) is 0 Å². The molecule has 2 aliphatic heterocycles. The summed E-state index contributed by atoms with van der Waals surface area (Å²) in [4.78, 5) is 10.7. The molecule has 3 heterocycles. The highest BCUT2D eigenvalue weighted by Crippen LogP contribution is 2.31. The zero-order chi connectivity index (χ0) is 16.4. The Bertz CT molecular complexity index is 654. The molecular formula is C19H25N3OS. The third kappa shape index (κ3) is 3.48. The molecule has 1 aromatic heterocycles. The fraction of sp³-hybridized carbons (Fsp3) is 0.526. The van der Waals surface area contributed by atoms with Gasteiger partial charge < -0.3 is 10.0 Å². The summed E-state index contributed by atoms with van der Waals surface area (Å²) < 4.78 is 0. The Hall–Kier alpha value is -1.43. The maximum atomic E-state index is 10.6. The molecule has 0 bridgehead atoms. The SMILES string of the molecule is O[C@@H]1CN(Cc2cnc(N3CCCC3)s2)CC[C@@H]1c1ccccc1. The van der Waals surface area contributed by atoms with Crippen molar-refractivity contribution in [3.8, 4) is 0 Å². The maximum absolute atomic E-state index is 10.6. The molecule has 0 unspecified atom stereocenters. The van der Waals surface area contributed by atoms with Crippen molar-refractivity contribution in [3.05, 3.63) is 47.0 Å². The van der Waals surface area contributed by atoms with Gasteiger partial charge in [-0.3, -0.25) is 4.90 Å². The number of aromatic nitrogens is 1. The molecule has 0 saturated carbocycles. The second-order valence-electron chi connectivity index (χ2n) is 6.91. The number of piperidine rings is 1. The first-order valence-electron chi connectivity index (χ1n) is 8.94. The summed E-state index contributed by atoms with van der Waals surface area (Å²) in [6.07, 6.45) is 5.33. The predicted octanol–water partition coefficient (Wildman–Crippen LogP) is 3.09.